The second kappa shape index (κ2) is 4.50. The third-order valence-corrected chi connectivity index (χ3v) is 2.65. The molecule has 2 aromatic rings. The highest BCUT2D eigenvalue weighted by Crippen LogP contribution is 2.11. The summed E-state index contributed by atoms with van der Waals surface area (Å²) in [6.07, 6.45) is 1.14. The van der Waals surface area contributed by atoms with Gasteiger partial charge in [-0.15, -0.1) is 0 Å². The van der Waals surface area contributed by atoms with Crippen LogP contribution >= 0.6 is 15.9 Å². The van der Waals surface area contributed by atoms with Crippen LogP contribution in [0.5, 0.6) is 0 Å². The molecule has 0 radical (unpaired) electrons. The van der Waals surface area contributed by atoms with Gasteiger partial charge in [0.15, 0.2) is 0 Å². The molecule has 0 fully saturated rings. The molecule has 0 unspecified atom stereocenters. The summed E-state index contributed by atoms with van der Waals surface area (Å²) in [5.41, 5.74) is -0.0225. The second-order valence-electron chi connectivity index (χ2n) is 3.28. The highest BCUT2D eigenvalue weighted by Gasteiger charge is 2.07. The van der Waals surface area contributed by atoms with E-state index < -0.39 is 11.5 Å². The first-order chi connectivity index (χ1) is 8.08. The average molecular weight is 295 g/mol. The number of halogens is 1. The minimum atomic E-state index is -1.17. The Morgan fingerprint density at radius 3 is 2.47 bits per heavy atom. The van der Waals surface area contributed by atoms with Gasteiger partial charge in [0, 0.05) is 10.5 Å². The number of carbonyl (C=O) groups is 1. The fourth-order valence-corrected chi connectivity index (χ4v) is 1.57. The molecule has 0 aliphatic heterocycles. The Kier molecular flexibility index (Phi) is 3.06. The molecule has 6 heteroatoms. The van der Waals surface area contributed by atoms with Gasteiger partial charge in [0.2, 0.25) is 0 Å². The zero-order valence-corrected chi connectivity index (χ0v) is 10.1. The zero-order valence-electron chi connectivity index (χ0n) is 8.50. The molecule has 0 aliphatic carbocycles. The van der Waals surface area contributed by atoms with Crippen molar-refractivity contribution in [2.45, 2.75) is 0 Å². The SMILES string of the molecule is O=C(O)c1cnn(-c2ccc(Br)cc2)c(=O)c1. The molecule has 1 N–H and O–H groups in total. The largest absolute Gasteiger partial charge is 0.478 e. The van der Waals surface area contributed by atoms with Crippen LogP contribution in [0, 0.1) is 0 Å². The van der Waals surface area contributed by atoms with Crippen LogP contribution in [0.25, 0.3) is 5.69 Å². The first-order valence-electron chi connectivity index (χ1n) is 4.66. The van der Waals surface area contributed by atoms with Gasteiger partial charge < -0.3 is 5.11 Å². The average Bonchev–Trinajstić information content (AvgIpc) is 2.30. The fourth-order valence-electron chi connectivity index (χ4n) is 1.30. The van der Waals surface area contributed by atoms with Crippen molar-refractivity contribution in [1.82, 2.24) is 9.78 Å². The molecule has 0 spiro atoms. The van der Waals surface area contributed by atoms with Crippen LogP contribution < -0.4 is 5.56 Å². The van der Waals surface area contributed by atoms with Gasteiger partial charge >= 0.3 is 5.97 Å². The lowest BCUT2D eigenvalue weighted by atomic mass is 10.3. The monoisotopic (exact) mass is 294 g/mol. The standard InChI is InChI=1S/C11H7BrN2O3/c12-8-1-3-9(4-2-8)14-10(15)5-7(6-13-14)11(16)17/h1-6H,(H,16,17). The van der Waals surface area contributed by atoms with E-state index in [1.165, 1.54) is 0 Å². The summed E-state index contributed by atoms with van der Waals surface area (Å²) < 4.78 is 2.02. The van der Waals surface area contributed by atoms with Crippen molar-refractivity contribution in [2.75, 3.05) is 0 Å². The number of hydrogen-bond acceptors (Lipinski definition) is 3. The summed E-state index contributed by atoms with van der Waals surface area (Å²) in [6.45, 7) is 0. The molecule has 0 atom stereocenters. The van der Waals surface area contributed by atoms with Crippen LogP contribution in [0.3, 0.4) is 0 Å². The molecule has 1 heterocycles. The molecule has 0 bridgehead atoms. The van der Waals surface area contributed by atoms with Crippen LogP contribution in [-0.4, -0.2) is 20.9 Å². The number of carboxylic acids is 1. The minimum Gasteiger partial charge on any atom is -0.478 e. The Morgan fingerprint density at radius 2 is 1.94 bits per heavy atom. The summed E-state index contributed by atoms with van der Waals surface area (Å²) in [4.78, 5) is 22.3. The minimum absolute atomic E-state index is 0.122. The Labute approximate surface area is 104 Å². The van der Waals surface area contributed by atoms with Crippen molar-refractivity contribution < 1.29 is 9.90 Å². The lowest BCUT2D eigenvalue weighted by Crippen LogP contribution is -2.21. The lowest BCUT2D eigenvalue weighted by molar-refractivity contribution is 0.0696. The van der Waals surface area contributed by atoms with E-state index in [0.717, 1.165) is 21.4 Å². The maximum absolute atomic E-state index is 11.7. The van der Waals surface area contributed by atoms with Gasteiger partial charge in [0.05, 0.1) is 17.4 Å². The molecular weight excluding hydrogens is 288 g/mol. The zero-order chi connectivity index (χ0) is 12.4. The molecule has 0 saturated heterocycles. The van der Waals surface area contributed by atoms with Gasteiger partial charge in [0.1, 0.15) is 0 Å². The molecule has 5 nitrogen and oxygen atoms in total. The number of benzene rings is 1. The van der Waals surface area contributed by atoms with E-state index in [1.807, 2.05) is 0 Å². The number of aromatic nitrogens is 2. The summed E-state index contributed by atoms with van der Waals surface area (Å²) in [5.74, 6) is -1.17. The lowest BCUT2D eigenvalue weighted by Gasteiger charge is -2.04. The van der Waals surface area contributed by atoms with Crippen LogP contribution in [-0.2, 0) is 0 Å². The van der Waals surface area contributed by atoms with Crippen molar-refractivity contribution in [3.63, 3.8) is 0 Å². The van der Waals surface area contributed by atoms with Gasteiger partial charge in [-0.25, -0.2) is 4.79 Å². The predicted molar refractivity (Wildman–Crippen MR) is 64.5 cm³/mol. The molecular formula is C11H7BrN2O3. The van der Waals surface area contributed by atoms with E-state index in [0.29, 0.717) is 5.69 Å². The third-order valence-electron chi connectivity index (χ3n) is 2.12. The van der Waals surface area contributed by atoms with Crippen LogP contribution in [0.15, 0.2) is 45.8 Å². The molecule has 2 rings (SSSR count). The van der Waals surface area contributed by atoms with Gasteiger partial charge in [-0.3, -0.25) is 4.79 Å². The highest BCUT2D eigenvalue weighted by molar-refractivity contribution is 9.10. The summed E-state index contributed by atoms with van der Waals surface area (Å²) >= 11 is 3.28. The maximum atomic E-state index is 11.7. The van der Waals surface area contributed by atoms with E-state index in [9.17, 15) is 9.59 Å². The van der Waals surface area contributed by atoms with E-state index >= 15 is 0 Å². The quantitative estimate of drug-likeness (QED) is 0.915. The van der Waals surface area contributed by atoms with Crippen molar-refractivity contribution in [1.29, 1.82) is 0 Å². The van der Waals surface area contributed by atoms with Crippen LogP contribution in [0.2, 0.25) is 0 Å². The first-order valence-corrected chi connectivity index (χ1v) is 5.46. The first kappa shape index (κ1) is 11.5. The van der Waals surface area contributed by atoms with E-state index in [-0.39, 0.29) is 5.56 Å². The molecule has 86 valence electrons. The van der Waals surface area contributed by atoms with Crippen LogP contribution in [0.4, 0.5) is 0 Å². The van der Waals surface area contributed by atoms with Gasteiger partial charge in [-0.05, 0) is 24.3 Å². The van der Waals surface area contributed by atoms with E-state index in [4.69, 9.17) is 5.11 Å². The number of carboxylic acid groups (broad SMARTS) is 1. The van der Waals surface area contributed by atoms with E-state index in [1.54, 1.807) is 24.3 Å². The number of hydrogen-bond donors (Lipinski definition) is 1. The fraction of sp³-hybridized carbons (Fsp3) is 0. The van der Waals surface area contributed by atoms with Crippen molar-refractivity contribution >= 4 is 21.9 Å². The summed E-state index contributed by atoms with van der Waals surface area (Å²) in [6, 6.07) is 8.00. The number of aromatic carboxylic acids is 1. The predicted octanol–water partition coefficient (Wildman–Crippen LogP) is 1.69. The third kappa shape index (κ3) is 2.42. The van der Waals surface area contributed by atoms with Gasteiger partial charge in [-0.2, -0.15) is 9.78 Å². The summed E-state index contributed by atoms with van der Waals surface area (Å²) in [7, 11) is 0. The van der Waals surface area contributed by atoms with Crippen molar-refractivity contribution in [3.8, 4) is 5.69 Å². The van der Waals surface area contributed by atoms with E-state index in [2.05, 4.69) is 21.0 Å². The highest BCUT2D eigenvalue weighted by atomic mass is 79.9. The molecule has 0 aliphatic rings. The normalized spacial score (nSPS) is 10.2. The Bertz CT molecular complexity index is 619. The molecule has 0 amide bonds. The molecule has 1 aromatic carbocycles. The smallest absolute Gasteiger partial charge is 0.337 e. The number of rotatable bonds is 2. The topological polar surface area (TPSA) is 72.2 Å². The van der Waals surface area contributed by atoms with Crippen LogP contribution in [0.1, 0.15) is 10.4 Å². The second-order valence-corrected chi connectivity index (χ2v) is 4.19. The Hall–Kier alpha value is -1.95. The summed E-state index contributed by atoms with van der Waals surface area (Å²) in [5, 5.41) is 12.5. The molecule has 17 heavy (non-hydrogen) atoms. The molecule has 1 aromatic heterocycles. The molecule has 0 saturated carbocycles. The van der Waals surface area contributed by atoms with Crippen molar-refractivity contribution in [2.24, 2.45) is 0 Å². The Balaban J connectivity index is 2.50. The number of nitrogens with zero attached hydrogens (tertiary/aromatic N) is 2. The van der Waals surface area contributed by atoms with Gasteiger partial charge in [-0.1, -0.05) is 15.9 Å². The van der Waals surface area contributed by atoms with Gasteiger partial charge in [0.25, 0.3) is 5.56 Å². The van der Waals surface area contributed by atoms with Crippen molar-refractivity contribution in [3.05, 3.63) is 56.9 Å². The Morgan fingerprint density at radius 1 is 1.29 bits per heavy atom. The maximum Gasteiger partial charge on any atom is 0.337 e.